The van der Waals surface area contributed by atoms with Gasteiger partial charge in [-0.3, -0.25) is 9.59 Å². The Morgan fingerprint density at radius 1 is 1.21 bits per heavy atom. The molecule has 1 atom stereocenters. The molecule has 0 bridgehead atoms. The van der Waals surface area contributed by atoms with Gasteiger partial charge in [-0.2, -0.15) is 0 Å². The Labute approximate surface area is 166 Å². The molecule has 0 radical (unpaired) electrons. The van der Waals surface area contributed by atoms with Crippen LogP contribution in [0.4, 0.5) is 0 Å². The van der Waals surface area contributed by atoms with Crippen LogP contribution in [0.1, 0.15) is 63.9 Å². The Kier molecular flexibility index (Phi) is 6.04. The van der Waals surface area contributed by atoms with Crippen molar-refractivity contribution in [1.82, 2.24) is 9.88 Å². The molecule has 5 nitrogen and oxygen atoms in total. The SMILES string of the molecule is CC(=O)c1[nH]c(C)c(C(=O)N2CCC[C@](CO)(CCc3ccccc3)C2)c1C. The van der Waals surface area contributed by atoms with Gasteiger partial charge in [0.25, 0.3) is 5.91 Å². The second-order valence-corrected chi connectivity index (χ2v) is 8.16. The van der Waals surface area contributed by atoms with Crippen LogP contribution in [-0.4, -0.2) is 46.4 Å². The number of hydrogen-bond donors (Lipinski definition) is 2. The quantitative estimate of drug-likeness (QED) is 0.749. The number of aryl methyl sites for hydroxylation is 2. The molecule has 1 saturated heterocycles. The highest BCUT2D eigenvalue weighted by atomic mass is 16.3. The standard InChI is InChI=1S/C23H30N2O3/c1-16-20(17(2)24-21(16)18(3)27)22(28)25-13-7-11-23(14-25,15-26)12-10-19-8-5-4-6-9-19/h4-6,8-9,24,26H,7,10-15H2,1-3H3/t23-/m0/s1. The van der Waals surface area contributed by atoms with Gasteiger partial charge < -0.3 is 15.0 Å². The van der Waals surface area contributed by atoms with Gasteiger partial charge in [0.05, 0.1) is 17.9 Å². The highest BCUT2D eigenvalue weighted by Gasteiger charge is 2.37. The topological polar surface area (TPSA) is 73.4 Å². The first-order valence-electron chi connectivity index (χ1n) is 10.0. The second-order valence-electron chi connectivity index (χ2n) is 8.16. The molecule has 1 aromatic carbocycles. The molecule has 0 saturated carbocycles. The van der Waals surface area contributed by atoms with E-state index in [4.69, 9.17) is 0 Å². The largest absolute Gasteiger partial charge is 0.396 e. The Bertz CT molecular complexity index is 856. The molecular weight excluding hydrogens is 352 g/mol. The monoisotopic (exact) mass is 382 g/mol. The summed E-state index contributed by atoms with van der Waals surface area (Å²) in [6.45, 7) is 6.48. The number of aliphatic hydroxyl groups excluding tert-OH is 1. The van der Waals surface area contributed by atoms with Gasteiger partial charge in [-0.05, 0) is 50.7 Å². The minimum atomic E-state index is -0.273. The van der Waals surface area contributed by atoms with E-state index in [-0.39, 0.29) is 23.7 Å². The predicted molar refractivity (Wildman–Crippen MR) is 110 cm³/mol. The predicted octanol–water partition coefficient (Wildman–Crippen LogP) is 3.68. The first-order valence-corrected chi connectivity index (χ1v) is 10.0. The van der Waals surface area contributed by atoms with Crippen LogP contribution in [0.15, 0.2) is 30.3 Å². The average molecular weight is 383 g/mol. The Balaban J connectivity index is 1.78. The van der Waals surface area contributed by atoms with Gasteiger partial charge in [-0.25, -0.2) is 0 Å². The summed E-state index contributed by atoms with van der Waals surface area (Å²) in [6, 6.07) is 10.3. The molecule has 2 aromatic rings. The number of likely N-dealkylation sites (tertiary alicyclic amines) is 1. The minimum absolute atomic E-state index is 0.0454. The van der Waals surface area contributed by atoms with Gasteiger partial charge >= 0.3 is 0 Å². The van der Waals surface area contributed by atoms with Crippen LogP contribution in [0, 0.1) is 19.3 Å². The zero-order chi connectivity index (χ0) is 20.3. The number of aromatic nitrogens is 1. The average Bonchev–Trinajstić information content (AvgIpc) is 3.01. The highest BCUT2D eigenvalue weighted by molar-refractivity contribution is 6.02. The van der Waals surface area contributed by atoms with E-state index in [0.29, 0.717) is 24.3 Å². The molecule has 1 amide bonds. The van der Waals surface area contributed by atoms with Gasteiger partial charge in [0.1, 0.15) is 0 Å². The van der Waals surface area contributed by atoms with E-state index in [1.54, 1.807) is 0 Å². The molecular formula is C23H30N2O3. The zero-order valence-corrected chi connectivity index (χ0v) is 17.0. The van der Waals surface area contributed by atoms with Crippen molar-refractivity contribution in [3.8, 4) is 0 Å². The van der Waals surface area contributed by atoms with Crippen molar-refractivity contribution in [3.05, 3.63) is 58.4 Å². The summed E-state index contributed by atoms with van der Waals surface area (Å²) >= 11 is 0. The molecule has 2 N–H and O–H groups in total. The van der Waals surface area contributed by atoms with Crippen LogP contribution in [0.25, 0.3) is 0 Å². The van der Waals surface area contributed by atoms with E-state index >= 15 is 0 Å². The number of piperidine rings is 1. The number of rotatable bonds is 6. The van der Waals surface area contributed by atoms with Gasteiger partial charge in [0.2, 0.25) is 0 Å². The van der Waals surface area contributed by atoms with Crippen molar-refractivity contribution in [1.29, 1.82) is 0 Å². The van der Waals surface area contributed by atoms with Gasteiger partial charge in [-0.15, -0.1) is 0 Å². The van der Waals surface area contributed by atoms with Crippen LogP contribution < -0.4 is 0 Å². The first kappa shape index (κ1) is 20.3. The Morgan fingerprint density at radius 3 is 2.54 bits per heavy atom. The van der Waals surface area contributed by atoms with Crippen LogP contribution in [0.5, 0.6) is 0 Å². The number of nitrogens with zero attached hydrogens (tertiary/aromatic N) is 1. The number of nitrogens with one attached hydrogen (secondary N) is 1. The van der Waals surface area contributed by atoms with Gasteiger partial charge in [-0.1, -0.05) is 30.3 Å². The summed E-state index contributed by atoms with van der Waals surface area (Å²) in [4.78, 5) is 30.0. The third-order valence-corrected chi connectivity index (χ3v) is 6.07. The van der Waals surface area contributed by atoms with Gasteiger partial charge in [0.15, 0.2) is 5.78 Å². The molecule has 5 heteroatoms. The molecule has 1 aliphatic heterocycles. The van der Waals surface area contributed by atoms with Crippen molar-refractivity contribution in [2.75, 3.05) is 19.7 Å². The van der Waals surface area contributed by atoms with Crippen LogP contribution in [0.2, 0.25) is 0 Å². The van der Waals surface area contributed by atoms with Crippen molar-refractivity contribution < 1.29 is 14.7 Å². The summed E-state index contributed by atoms with van der Waals surface area (Å²) in [5.41, 5.74) is 3.54. The van der Waals surface area contributed by atoms with E-state index in [9.17, 15) is 14.7 Å². The molecule has 0 aliphatic carbocycles. The van der Waals surface area contributed by atoms with Gasteiger partial charge in [0, 0.05) is 31.1 Å². The first-order chi connectivity index (χ1) is 13.4. The summed E-state index contributed by atoms with van der Waals surface area (Å²) in [6.07, 6.45) is 3.54. The lowest BCUT2D eigenvalue weighted by Gasteiger charge is -2.42. The number of aliphatic hydroxyl groups is 1. The Morgan fingerprint density at radius 2 is 1.93 bits per heavy atom. The number of carbonyl (C=O) groups excluding carboxylic acids is 2. The summed E-state index contributed by atoms with van der Waals surface area (Å²) in [7, 11) is 0. The normalized spacial score (nSPS) is 19.6. The number of amides is 1. The molecule has 1 fully saturated rings. The lowest BCUT2D eigenvalue weighted by atomic mass is 9.76. The summed E-state index contributed by atoms with van der Waals surface area (Å²) in [5.74, 6) is -0.109. The van der Waals surface area contributed by atoms with Crippen molar-refractivity contribution in [2.45, 2.75) is 46.5 Å². The lowest BCUT2D eigenvalue weighted by molar-refractivity contribution is 0.0227. The van der Waals surface area contributed by atoms with Crippen molar-refractivity contribution in [2.24, 2.45) is 5.41 Å². The van der Waals surface area contributed by atoms with Crippen LogP contribution in [0.3, 0.4) is 0 Å². The third-order valence-electron chi connectivity index (χ3n) is 6.07. The smallest absolute Gasteiger partial charge is 0.255 e. The fourth-order valence-electron chi connectivity index (χ4n) is 4.43. The number of benzene rings is 1. The Hall–Kier alpha value is -2.40. The fourth-order valence-corrected chi connectivity index (χ4v) is 4.43. The van der Waals surface area contributed by atoms with Crippen LogP contribution >= 0.6 is 0 Å². The summed E-state index contributed by atoms with van der Waals surface area (Å²) < 4.78 is 0. The zero-order valence-electron chi connectivity index (χ0n) is 17.0. The summed E-state index contributed by atoms with van der Waals surface area (Å²) in [5, 5.41) is 10.2. The molecule has 150 valence electrons. The minimum Gasteiger partial charge on any atom is -0.396 e. The molecule has 0 spiro atoms. The number of hydrogen-bond acceptors (Lipinski definition) is 3. The third kappa shape index (κ3) is 4.04. The number of carbonyl (C=O) groups is 2. The number of Topliss-reactive ketones (excluding diaryl/α,β-unsaturated/α-hetero) is 1. The van der Waals surface area contributed by atoms with E-state index < -0.39 is 0 Å². The fraction of sp³-hybridized carbons (Fsp3) is 0.478. The van der Waals surface area contributed by atoms with Crippen LogP contribution in [-0.2, 0) is 6.42 Å². The molecule has 28 heavy (non-hydrogen) atoms. The number of aromatic amines is 1. The highest BCUT2D eigenvalue weighted by Crippen LogP contribution is 2.35. The van der Waals surface area contributed by atoms with E-state index in [0.717, 1.165) is 36.9 Å². The van der Waals surface area contributed by atoms with E-state index in [1.165, 1.54) is 12.5 Å². The van der Waals surface area contributed by atoms with E-state index in [1.807, 2.05) is 36.9 Å². The maximum atomic E-state index is 13.3. The molecule has 2 heterocycles. The van der Waals surface area contributed by atoms with Crippen molar-refractivity contribution in [3.63, 3.8) is 0 Å². The second kappa shape index (κ2) is 8.31. The lowest BCUT2D eigenvalue weighted by Crippen LogP contribution is -2.48. The number of H-pyrrole nitrogens is 1. The molecule has 3 rings (SSSR count). The number of ketones is 1. The molecule has 1 aromatic heterocycles. The molecule has 0 unspecified atom stereocenters. The van der Waals surface area contributed by atoms with Crippen molar-refractivity contribution >= 4 is 11.7 Å². The van der Waals surface area contributed by atoms with E-state index in [2.05, 4.69) is 17.1 Å². The maximum absolute atomic E-state index is 13.3. The maximum Gasteiger partial charge on any atom is 0.255 e. The molecule has 1 aliphatic rings.